The van der Waals surface area contributed by atoms with Crippen LogP contribution in [-0.2, 0) is 19.1 Å². The number of benzene rings is 1. The Labute approximate surface area is 158 Å². The lowest BCUT2D eigenvalue weighted by Gasteiger charge is -2.26. The maximum Gasteiger partial charge on any atom is 0.310 e. The number of amides is 1. The zero-order chi connectivity index (χ0) is 19.2. The fourth-order valence-electron chi connectivity index (χ4n) is 3.45. The Bertz CT molecular complexity index is 719. The SMILES string of the molecule is CC(=O)c1ccc(NC(=O)[C@H]2CC=CC[C@@H]2C(=O)OC[C@@H]2CCCO2)cc1. The van der Waals surface area contributed by atoms with Crippen LogP contribution in [0.5, 0.6) is 0 Å². The quantitative estimate of drug-likeness (QED) is 0.472. The van der Waals surface area contributed by atoms with Gasteiger partial charge < -0.3 is 14.8 Å². The number of anilines is 1. The Kier molecular flexibility index (Phi) is 6.40. The molecule has 0 unspecified atom stereocenters. The van der Waals surface area contributed by atoms with Crippen molar-refractivity contribution in [2.45, 2.75) is 38.7 Å². The molecular weight excluding hydrogens is 346 g/mol. The molecule has 6 heteroatoms. The topological polar surface area (TPSA) is 81.7 Å². The number of rotatable bonds is 6. The van der Waals surface area contributed by atoms with Crippen molar-refractivity contribution in [3.63, 3.8) is 0 Å². The second-order valence-corrected chi connectivity index (χ2v) is 7.04. The molecule has 3 atom stereocenters. The van der Waals surface area contributed by atoms with Crippen LogP contribution in [0.2, 0.25) is 0 Å². The third-order valence-corrected chi connectivity index (χ3v) is 5.07. The highest BCUT2D eigenvalue weighted by Crippen LogP contribution is 2.28. The van der Waals surface area contributed by atoms with Gasteiger partial charge in [-0.05, 0) is 56.9 Å². The fraction of sp³-hybridized carbons (Fsp3) is 0.476. The number of esters is 1. The molecule has 27 heavy (non-hydrogen) atoms. The maximum atomic E-state index is 12.7. The molecule has 1 amide bonds. The van der Waals surface area contributed by atoms with E-state index in [1.54, 1.807) is 24.3 Å². The number of ketones is 1. The molecule has 0 aromatic heterocycles. The van der Waals surface area contributed by atoms with Gasteiger partial charge >= 0.3 is 5.97 Å². The minimum absolute atomic E-state index is 0.0276. The third kappa shape index (κ3) is 5.04. The second kappa shape index (κ2) is 8.95. The largest absolute Gasteiger partial charge is 0.463 e. The van der Waals surface area contributed by atoms with E-state index in [1.165, 1.54) is 6.92 Å². The first-order valence-electron chi connectivity index (χ1n) is 9.39. The summed E-state index contributed by atoms with van der Waals surface area (Å²) < 4.78 is 10.9. The Hall–Kier alpha value is -2.47. The number of hydrogen-bond donors (Lipinski definition) is 1. The Morgan fingerprint density at radius 1 is 1.11 bits per heavy atom. The van der Waals surface area contributed by atoms with Crippen LogP contribution in [0.25, 0.3) is 0 Å². The maximum absolute atomic E-state index is 12.7. The van der Waals surface area contributed by atoms with Crippen LogP contribution < -0.4 is 5.32 Å². The summed E-state index contributed by atoms with van der Waals surface area (Å²) >= 11 is 0. The van der Waals surface area contributed by atoms with Gasteiger partial charge in [0.25, 0.3) is 0 Å². The predicted octanol–water partition coefficient (Wildman–Crippen LogP) is 3.13. The third-order valence-electron chi connectivity index (χ3n) is 5.07. The van der Waals surface area contributed by atoms with Crippen molar-refractivity contribution >= 4 is 23.3 Å². The first kappa shape index (κ1) is 19.3. The molecule has 0 saturated carbocycles. The van der Waals surface area contributed by atoms with Gasteiger partial charge in [0, 0.05) is 17.9 Å². The second-order valence-electron chi connectivity index (χ2n) is 7.04. The minimum atomic E-state index is -0.493. The summed E-state index contributed by atoms with van der Waals surface area (Å²) in [5, 5.41) is 2.84. The van der Waals surface area contributed by atoms with Crippen molar-refractivity contribution < 1.29 is 23.9 Å². The molecule has 0 bridgehead atoms. The summed E-state index contributed by atoms with van der Waals surface area (Å²) in [5.41, 5.74) is 1.19. The molecule has 1 N–H and O–H groups in total. The van der Waals surface area contributed by atoms with E-state index in [-0.39, 0.29) is 30.4 Å². The van der Waals surface area contributed by atoms with E-state index in [0.717, 1.165) is 12.8 Å². The smallest absolute Gasteiger partial charge is 0.310 e. The Balaban J connectivity index is 1.59. The zero-order valence-electron chi connectivity index (χ0n) is 15.5. The van der Waals surface area contributed by atoms with Crippen LogP contribution >= 0.6 is 0 Å². The Morgan fingerprint density at radius 2 is 1.81 bits per heavy atom. The van der Waals surface area contributed by atoms with E-state index >= 15 is 0 Å². The molecule has 1 saturated heterocycles. The molecule has 3 rings (SSSR count). The number of nitrogens with one attached hydrogen (secondary N) is 1. The van der Waals surface area contributed by atoms with Crippen LogP contribution in [-0.4, -0.2) is 37.0 Å². The number of hydrogen-bond acceptors (Lipinski definition) is 5. The highest BCUT2D eigenvalue weighted by molar-refractivity contribution is 5.97. The monoisotopic (exact) mass is 371 g/mol. The van der Waals surface area contributed by atoms with Crippen molar-refractivity contribution in [2.75, 3.05) is 18.5 Å². The van der Waals surface area contributed by atoms with Crippen LogP contribution in [0.4, 0.5) is 5.69 Å². The van der Waals surface area contributed by atoms with Gasteiger partial charge in [-0.1, -0.05) is 12.2 Å². The van der Waals surface area contributed by atoms with Gasteiger partial charge in [-0.15, -0.1) is 0 Å². The van der Waals surface area contributed by atoms with E-state index < -0.39 is 11.8 Å². The normalized spacial score (nSPS) is 24.4. The molecule has 6 nitrogen and oxygen atoms in total. The molecule has 0 spiro atoms. The molecule has 0 radical (unpaired) electrons. The highest BCUT2D eigenvalue weighted by atomic mass is 16.6. The Morgan fingerprint density at radius 3 is 2.44 bits per heavy atom. The van der Waals surface area contributed by atoms with Gasteiger partial charge in [0.15, 0.2) is 5.78 Å². The highest BCUT2D eigenvalue weighted by Gasteiger charge is 2.35. The van der Waals surface area contributed by atoms with Crippen molar-refractivity contribution in [1.82, 2.24) is 0 Å². The molecule has 144 valence electrons. The number of carbonyl (C=O) groups is 3. The molecule has 1 fully saturated rings. The predicted molar refractivity (Wildman–Crippen MR) is 100 cm³/mol. The average Bonchev–Trinajstić information content (AvgIpc) is 3.20. The lowest BCUT2D eigenvalue weighted by Crippen LogP contribution is -2.36. The number of Topliss-reactive ketones (excluding diaryl/α,β-unsaturated/α-hetero) is 1. The fourth-order valence-corrected chi connectivity index (χ4v) is 3.45. The first-order valence-corrected chi connectivity index (χ1v) is 9.39. The van der Waals surface area contributed by atoms with Gasteiger partial charge in [0.2, 0.25) is 5.91 Å². The number of carbonyl (C=O) groups excluding carboxylic acids is 3. The van der Waals surface area contributed by atoms with Crippen molar-refractivity contribution in [2.24, 2.45) is 11.8 Å². The summed E-state index contributed by atoms with van der Waals surface area (Å²) in [4.78, 5) is 36.6. The summed E-state index contributed by atoms with van der Waals surface area (Å²) in [7, 11) is 0. The van der Waals surface area contributed by atoms with Crippen LogP contribution in [0.3, 0.4) is 0 Å². The first-order chi connectivity index (χ1) is 13.0. The standard InChI is InChI=1S/C21H25NO5/c1-14(23)15-8-10-16(11-9-15)22-20(24)18-6-2-3-7-19(18)21(25)27-13-17-5-4-12-26-17/h2-3,8-11,17-19H,4-7,12-13H2,1H3,(H,22,24)/t17-,18-,19-/m0/s1. The lowest BCUT2D eigenvalue weighted by molar-refractivity contribution is -0.155. The lowest BCUT2D eigenvalue weighted by atomic mass is 9.82. The van der Waals surface area contributed by atoms with Crippen molar-refractivity contribution in [1.29, 1.82) is 0 Å². The van der Waals surface area contributed by atoms with E-state index in [9.17, 15) is 14.4 Å². The van der Waals surface area contributed by atoms with Gasteiger partial charge in [0.05, 0.1) is 17.9 Å². The average molecular weight is 371 g/mol. The zero-order valence-corrected chi connectivity index (χ0v) is 15.5. The van der Waals surface area contributed by atoms with E-state index in [2.05, 4.69) is 5.32 Å². The molecule has 1 aliphatic heterocycles. The van der Waals surface area contributed by atoms with E-state index in [0.29, 0.717) is 30.7 Å². The van der Waals surface area contributed by atoms with Crippen molar-refractivity contribution in [3.05, 3.63) is 42.0 Å². The van der Waals surface area contributed by atoms with E-state index in [1.807, 2.05) is 12.2 Å². The molecule has 1 heterocycles. The molecular formula is C21H25NO5. The summed E-state index contributed by atoms with van der Waals surface area (Å²) in [6, 6.07) is 6.73. The molecule has 1 aliphatic carbocycles. The van der Waals surface area contributed by atoms with Gasteiger partial charge in [-0.2, -0.15) is 0 Å². The molecule has 2 aliphatic rings. The number of ether oxygens (including phenoxy) is 2. The number of allylic oxidation sites excluding steroid dienone is 2. The summed E-state index contributed by atoms with van der Waals surface area (Å²) in [5.74, 6) is -1.55. The van der Waals surface area contributed by atoms with Crippen LogP contribution in [0.15, 0.2) is 36.4 Å². The van der Waals surface area contributed by atoms with Gasteiger partial charge in [-0.3, -0.25) is 14.4 Å². The van der Waals surface area contributed by atoms with Gasteiger partial charge in [-0.25, -0.2) is 0 Å². The van der Waals surface area contributed by atoms with Gasteiger partial charge in [0.1, 0.15) is 6.61 Å². The minimum Gasteiger partial charge on any atom is -0.463 e. The van der Waals surface area contributed by atoms with E-state index in [4.69, 9.17) is 9.47 Å². The van der Waals surface area contributed by atoms with Crippen molar-refractivity contribution in [3.8, 4) is 0 Å². The molecule has 1 aromatic carbocycles. The van der Waals surface area contributed by atoms with Crippen LogP contribution in [0.1, 0.15) is 43.0 Å². The summed E-state index contributed by atoms with van der Waals surface area (Å²) in [6.07, 6.45) is 6.69. The summed E-state index contributed by atoms with van der Waals surface area (Å²) in [6.45, 7) is 2.45. The molecule has 1 aromatic rings. The van der Waals surface area contributed by atoms with Crippen LogP contribution in [0, 0.1) is 11.8 Å².